The van der Waals surface area contributed by atoms with Crippen LogP contribution >= 0.6 is 0 Å². The second-order valence-corrected chi connectivity index (χ2v) is 10.5. The van der Waals surface area contributed by atoms with Crippen LogP contribution < -0.4 is 16.0 Å². The Morgan fingerprint density at radius 3 is 2.59 bits per heavy atom. The van der Waals surface area contributed by atoms with Crippen molar-refractivity contribution in [2.75, 3.05) is 51.4 Å². The number of unbranched alkanes of at least 4 members (excludes halogenated alkanes) is 1. The van der Waals surface area contributed by atoms with E-state index in [1.807, 2.05) is 49.3 Å². The number of halogens is 1. The van der Waals surface area contributed by atoms with E-state index in [2.05, 4.69) is 44.7 Å². The lowest BCUT2D eigenvalue weighted by molar-refractivity contribution is -0.135. The summed E-state index contributed by atoms with van der Waals surface area (Å²) >= 11 is 0. The molecule has 0 aliphatic rings. The van der Waals surface area contributed by atoms with Gasteiger partial charge in [0.2, 0.25) is 17.8 Å². The van der Waals surface area contributed by atoms with E-state index in [1.165, 1.54) is 23.1 Å². The Balaban J connectivity index is 1.59. The lowest BCUT2D eigenvalue weighted by Crippen LogP contribution is -2.48. The average Bonchev–Trinajstić information content (AvgIpc) is 3.01. The summed E-state index contributed by atoms with van der Waals surface area (Å²) in [4.78, 5) is 38.4. The van der Waals surface area contributed by atoms with Crippen molar-refractivity contribution in [3.63, 3.8) is 0 Å². The Labute approximate surface area is 260 Å². The highest BCUT2D eigenvalue weighted by atomic mass is 19.1. The summed E-state index contributed by atoms with van der Waals surface area (Å²) in [6.45, 7) is 3.82. The summed E-state index contributed by atoms with van der Waals surface area (Å²) in [5.41, 5.74) is 2.18. The van der Waals surface area contributed by atoms with Crippen LogP contribution in [0.3, 0.4) is 0 Å². The number of hydrogen-bond donors (Lipinski definition) is 3. The van der Waals surface area contributed by atoms with Gasteiger partial charge in [0.05, 0.1) is 11.8 Å². The van der Waals surface area contributed by atoms with Crippen molar-refractivity contribution >= 4 is 29.3 Å². The Morgan fingerprint density at radius 2 is 1.86 bits per heavy atom. The zero-order valence-corrected chi connectivity index (χ0v) is 25.9. The van der Waals surface area contributed by atoms with Gasteiger partial charge in [0.25, 0.3) is 0 Å². The quantitative estimate of drug-likeness (QED) is 0.133. The van der Waals surface area contributed by atoms with Crippen molar-refractivity contribution in [3.8, 4) is 11.8 Å². The lowest BCUT2D eigenvalue weighted by Gasteiger charge is -2.26. The maximum absolute atomic E-state index is 13.6. The molecule has 232 valence electrons. The van der Waals surface area contributed by atoms with Gasteiger partial charge in [-0.3, -0.25) is 9.59 Å². The van der Waals surface area contributed by atoms with E-state index in [9.17, 15) is 14.0 Å². The molecule has 1 atom stereocenters. The molecule has 0 bridgehead atoms. The topological polar surface area (TPSA) is 102 Å². The first-order valence-electron chi connectivity index (χ1n) is 14.8. The second kappa shape index (κ2) is 18.0. The number of carbonyl (C=O) groups is 2. The minimum atomic E-state index is -0.649. The summed E-state index contributed by atoms with van der Waals surface area (Å²) in [5.74, 6) is 6.42. The molecule has 1 heterocycles. The first kappa shape index (κ1) is 33.7. The molecule has 3 aromatic rings. The van der Waals surface area contributed by atoms with Gasteiger partial charge in [0.15, 0.2) is 0 Å². The highest BCUT2D eigenvalue weighted by molar-refractivity contribution is 5.93. The van der Waals surface area contributed by atoms with Crippen LogP contribution in [0.15, 0.2) is 72.9 Å². The van der Waals surface area contributed by atoms with E-state index in [-0.39, 0.29) is 17.6 Å². The van der Waals surface area contributed by atoms with Gasteiger partial charge in [-0.15, -0.1) is 0 Å². The number of nitrogens with zero attached hydrogens (tertiary/aromatic N) is 4. The highest BCUT2D eigenvalue weighted by Gasteiger charge is 2.26. The number of rotatable bonds is 15. The molecule has 9 nitrogen and oxygen atoms in total. The zero-order valence-electron chi connectivity index (χ0n) is 25.9. The molecular weight excluding hydrogens is 557 g/mol. The monoisotopic (exact) mass is 599 g/mol. The van der Waals surface area contributed by atoms with Crippen molar-refractivity contribution < 1.29 is 14.0 Å². The SMILES string of the molecule is CCCNc1nc(Nc2cccc(F)c2)ncc1C#CCCCNC(=O)[C@H](Cc1ccccc1)N(C)C(=O)/C=C/CN(C)C. The summed E-state index contributed by atoms with van der Waals surface area (Å²) < 4.78 is 13.6. The van der Waals surface area contributed by atoms with Gasteiger partial charge in [-0.25, -0.2) is 9.37 Å². The van der Waals surface area contributed by atoms with Crippen LogP contribution in [0.4, 0.5) is 21.8 Å². The summed E-state index contributed by atoms with van der Waals surface area (Å²) in [6.07, 6.45) is 7.43. The predicted molar refractivity (Wildman–Crippen MR) is 174 cm³/mol. The summed E-state index contributed by atoms with van der Waals surface area (Å²) in [5, 5.41) is 9.27. The molecule has 0 saturated carbocycles. The highest BCUT2D eigenvalue weighted by Crippen LogP contribution is 2.18. The number of anilines is 3. The number of aromatic nitrogens is 2. The van der Waals surface area contributed by atoms with Gasteiger partial charge in [-0.05, 0) is 50.7 Å². The van der Waals surface area contributed by atoms with E-state index in [0.29, 0.717) is 61.9 Å². The lowest BCUT2D eigenvalue weighted by atomic mass is 10.0. The molecule has 0 aliphatic heterocycles. The number of benzene rings is 2. The number of hydrogen-bond acceptors (Lipinski definition) is 7. The van der Waals surface area contributed by atoms with Gasteiger partial charge in [-0.2, -0.15) is 4.98 Å². The van der Waals surface area contributed by atoms with E-state index in [0.717, 1.165) is 12.0 Å². The molecule has 10 heteroatoms. The molecule has 0 fully saturated rings. The van der Waals surface area contributed by atoms with Crippen LogP contribution in [0.2, 0.25) is 0 Å². The Kier molecular flexibility index (Phi) is 13.8. The fourth-order valence-corrected chi connectivity index (χ4v) is 4.15. The third-order valence-electron chi connectivity index (χ3n) is 6.53. The van der Waals surface area contributed by atoms with Crippen LogP contribution in [0.25, 0.3) is 0 Å². The number of likely N-dealkylation sites (N-methyl/N-ethyl adjacent to an activating group) is 2. The fourth-order valence-electron chi connectivity index (χ4n) is 4.15. The third kappa shape index (κ3) is 11.5. The summed E-state index contributed by atoms with van der Waals surface area (Å²) in [7, 11) is 5.51. The van der Waals surface area contributed by atoms with E-state index in [4.69, 9.17) is 0 Å². The molecule has 2 amide bonds. The Hall–Kier alpha value is -4.75. The van der Waals surface area contributed by atoms with Crippen molar-refractivity contribution in [1.82, 2.24) is 25.1 Å². The van der Waals surface area contributed by atoms with Crippen molar-refractivity contribution in [1.29, 1.82) is 0 Å². The standard InChI is InChI=1S/C34H42FN7O2/c1-5-20-36-32-27(25-38-34(40-32)39-29-18-12-17-28(35)24-29)16-10-7-11-21-37-33(44)30(23-26-14-8-6-9-15-26)42(4)31(43)19-13-22-41(2)3/h6,8-9,12-15,17-19,24-25,30H,5,7,11,20-23H2,1-4H3,(H,37,44)(H2,36,38,39,40)/b19-13+/t30-/m0/s1. The normalized spacial score (nSPS) is 11.5. The van der Waals surface area contributed by atoms with Gasteiger partial charge in [0, 0.05) is 51.3 Å². The number of amides is 2. The predicted octanol–water partition coefficient (Wildman–Crippen LogP) is 4.62. The molecule has 0 aliphatic carbocycles. The zero-order chi connectivity index (χ0) is 31.7. The Bertz CT molecular complexity index is 1450. The molecule has 2 aromatic carbocycles. The van der Waals surface area contributed by atoms with Crippen LogP contribution in [0, 0.1) is 17.7 Å². The van der Waals surface area contributed by atoms with Crippen LogP contribution in [0.1, 0.15) is 37.3 Å². The minimum absolute atomic E-state index is 0.209. The van der Waals surface area contributed by atoms with Gasteiger partial charge >= 0.3 is 0 Å². The molecule has 3 N–H and O–H groups in total. The van der Waals surface area contributed by atoms with Gasteiger partial charge in [0.1, 0.15) is 17.7 Å². The first-order chi connectivity index (χ1) is 21.3. The molecule has 0 radical (unpaired) electrons. The van der Waals surface area contributed by atoms with Crippen molar-refractivity contribution in [2.45, 2.75) is 38.6 Å². The first-order valence-corrected chi connectivity index (χ1v) is 14.8. The van der Waals surface area contributed by atoms with E-state index < -0.39 is 6.04 Å². The minimum Gasteiger partial charge on any atom is -0.369 e. The van der Waals surface area contributed by atoms with E-state index in [1.54, 1.807) is 31.5 Å². The van der Waals surface area contributed by atoms with Crippen LogP contribution in [-0.4, -0.2) is 78.4 Å². The smallest absolute Gasteiger partial charge is 0.246 e. The van der Waals surface area contributed by atoms with Gasteiger partial charge in [-0.1, -0.05) is 61.2 Å². The number of nitrogens with one attached hydrogen (secondary N) is 3. The number of carbonyl (C=O) groups excluding carboxylic acids is 2. The largest absolute Gasteiger partial charge is 0.369 e. The van der Waals surface area contributed by atoms with Gasteiger partial charge < -0.3 is 25.8 Å². The maximum atomic E-state index is 13.6. The maximum Gasteiger partial charge on any atom is 0.246 e. The molecule has 0 spiro atoms. The molecule has 1 aromatic heterocycles. The van der Waals surface area contributed by atoms with Crippen molar-refractivity contribution in [2.24, 2.45) is 0 Å². The van der Waals surface area contributed by atoms with Crippen LogP contribution in [-0.2, 0) is 16.0 Å². The van der Waals surface area contributed by atoms with Crippen LogP contribution in [0.5, 0.6) is 0 Å². The average molecular weight is 600 g/mol. The summed E-state index contributed by atoms with van der Waals surface area (Å²) in [6, 6.07) is 15.1. The molecule has 3 rings (SSSR count). The molecule has 0 unspecified atom stereocenters. The third-order valence-corrected chi connectivity index (χ3v) is 6.53. The Morgan fingerprint density at radius 1 is 1.07 bits per heavy atom. The fraction of sp³-hybridized carbons (Fsp3) is 0.353. The second-order valence-electron chi connectivity index (χ2n) is 10.5. The van der Waals surface area contributed by atoms with E-state index >= 15 is 0 Å². The molecular formula is C34H42FN7O2. The molecule has 44 heavy (non-hydrogen) atoms. The molecule has 0 saturated heterocycles. The van der Waals surface area contributed by atoms with Crippen molar-refractivity contribution in [3.05, 3.63) is 89.9 Å².